The predicted molar refractivity (Wildman–Crippen MR) is 79.9 cm³/mol. The van der Waals surface area contributed by atoms with Crippen LogP contribution in [0.15, 0.2) is 18.2 Å². The molecule has 1 saturated heterocycles. The smallest absolute Gasteiger partial charge is 0.244 e. The lowest BCUT2D eigenvalue weighted by molar-refractivity contribution is -0.131. The van der Waals surface area contributed by atoms with E-state index in [4.69, 9.17) is 16.7 Å². The summed E-state index contributed by atoms with van der Waals surface area (Å²) >= 11 is 5.89. The van der Waals surface area contributed by atoms with E-state index in [0.29, 0.717) is 29.2 Å². The van der Waals surface area contributed by atoms with E-state index in [2.05, 4.69) is 17.2 Å². The number of amides is 2. The maximum atomic E-state index is 12.0. The molecule has 2 N–H and O–H groups in total. The zero-order valence-corrected chi connectivity index (χ0v) is 12.1. The number of halogens is 1. The maximum Gasteiger partial charge on any atom is 0.244 e. The van der Waals surface area contributed by atoms with Gasteiger partial charge in [-0.2, -0.15) is 0 Å². The average Bonchev–Trinajstić information content (AvgIpc) is 2.84. The SMILES string of the molecule is O=C(CN1CCCC1=O)Nc1ccc(Cl)cc1C#CCO. The van der Waals surface area contributed by atoms with E-state index in [9.17, 15) is 9.59 Å². The van der Waals surface area contributed by atoms with Gasteiger partial charge >= 0.3 is 0 Å². The number of carbonyl (C=O) groups is 2. The third-order valence-corrected chi connectivity index (χ3v) is 3.30. The lowest BCUT2D eigenvalue weighted by atomic mass is 10.2. The Hall–Kier alpha value is -2.03. The van der Waals surface area contributed by atoms with E-state index in [0.717, 1.165) is 6.42 Å². The highest BCUT2D eigenvalue weighted by atomic mass is 35.5. The molecule has 0 unspecified atom stereocenters. The second-order valence-electron chi connectivity index (χ2n) is 4.62. The number of carbonyl (C=O) groups excluding carboxylic acids is 2. The number of likely N-dealkylation sites (tertiary alicyclic amines) is 1. The minimum absolute atomic E-state index is 0.00144. The number of hydrogen-bond acceptors (Lipinski definition) is 3. The van der Waals surface area contributed by atoms with Crippen molar-refractivity contribution >= 4 is 29.1 Å². The molecule has 0 aromatic heterocycles. The number of hydrogen-bond donors (Lipinski definition) is 2. The van der Waals surface area contributed by atoms with Crippen molar-refractivity contribution in [1.82, 2.24) is 4.90 Å². The molecule has 2 rings (SSSR count). The number of nitrogens with zero attached hydrogens (tertiary/aromatic N) is 1. The lowest BCUT2D eigenvalue weighted by Crippen LogP contribution is -2.34. The zero-order valence-electron chi connectivity index (χ0n) is 11.4. The first-order chi connectivity index (χ1) is 10.1. The highest BCUT2D eigenvalue weighted by Gasteiger charge is 2.22. The van der Waals surface area contributed by atoms with Crippen LogP contribution in [0.3, 0.4) is 0 Å². The van der Waals surface area contributed by atoms with E-state index in [1.54, 1.807) is 18.2 Å². The number of anilines is 1. The molecule has 0 spiro atoms. The van der Waals surface area contributed by atoms with Gasteiger partial charge in [-0.05, 0) is 24.6 Å². The molecule has 1 aliphatic heterocycles. The molecule has 2 amide bonds. The van der Waals surface area contributed by atoms with Gasteiger partial charge in [0.2, 0.25) is 11.8 Å². The second-order valence-corrected chi connectivity index (χ2v) is 5.05. The van der Waals surface area contributed by atoms with Gasteiger partial charge in [0.05, 0.1) is 12.2 Å². The van der Waals surface area contributed by atoms with Crippen LogP contribution in [0.25, 0.3) is 0 Å². The predicted octanol–water partition coefficient (Wildman–Crippen LogP) is 1.24. The molecular formula is C15H15ClN2O3. The summed E-state index contributed by atoms with van der Waals surface area (Å²) in [6.07, 6.45) is 1.29. The van der Waals surface area contributed by atoms with Gasteiger partial charge in [-0.3, -0.25) is 9.59 Å². The fourth-order valence-electron chi connectivity index (χ4n) is 2.10. The maximum absolute atomic E-state index is 12.0. The van der Waals surface area contributed by atoms with Crippen molar-refractivity contribution in [1.29, 1.82) is 0 Å². The van der Waals surface area contributed by atoms with E-state index >= 15 is 0 Å². The molecule has 0 bridgehead atoms. The van der Waals surface area contributed by atoms with Gasteiger partial charge in [-0.1, -0.05) is 23.4 Å². The first kappa shape index (κ1) is 15.4. The molecule has 21 heavy (non-hydrogen) atoms. The van der Waals surface area contributed by atoms with Gasteiger partial charge in [-0.15, -0.1) is 0 Å². The first-order valence-electron chi connectivity index (χ1n) is 6.57. The summed E-state index contributed by atoms with van der Waals surface area (Å²) in [6.45, 7) is 0.376. The van der Waals surface area contributed by atoms with Crippen LogP contribution in [0, 0.1) is 11.8 Å². The lowest BCUT2D eigenvalue weighted by Gasteiger charge is -2.15. The molecule has 1 aliphatic rings. The summed E-state index contributed by atoms with van der Waals surface area (Å²) in [6, 6.07) is 4.90. The van der Waals surface area contributed by atoms with Crippen LogP contribution in [0.2, 0.25) is 5.02 Å². The van der Waals surface area contributed by atoms with Crippen LogP contribution in [0.5, 0.6) is 0 Å². The monoisotopic (exact) mass is 306 g/mol. The highest BCUT2D eigenvalue weighted by molar-refractivity contribution is 6.30. The Morgan fingerprint density at radius 2 is 2.29 bits per heavy atom. The zero-order chi connectivity index (χ0) is 15.2. The van der Waals surface area contributed by atoms with Crippen molar-refractivity contribution in [3.05, 3.63) is 28.8 Å². The van der Waals surface area contributed by atoms with Crippen LogP contribution in [0.4, 0.5) is 5.69 Å². The first-order valence-corrected chi connectivity index (χ1v) is 6.95. The van der Waals surface area contributed by atoms with Crippen molar-refractivity contribution in [2.45, 2.75) is 12.8 Å². The summed E-state index contributed by atoms with van der Waals surface area (Å²) in [7, 11) is 0. The van der Waals surface area contributed by atoms with Gasteiger partial charge < -0.3 is 15.3 Å². The second kappa shape index (κ2) is 7.11. The number of nitrogens with one attached hydrogen (secondary N) is 1. The fourth-order valence-corrected chi connectivity index (χ4v) is 2.27. The largest absolute Gasteiger partial charge is 0.384 e. The van der Waals surface area contributed by atoms with E-state index in [1.165, 1.54) is 4.90 Å². The molecule has 6 heteroatoms. The van der Waals surface area contributed by atoms with Crippen LogP contribution in [-0.2, 0) is 9.59 Å². The normalized spacial score (nSPS) is 13.8. The summed E-state index contributed by atoms with van der Waals surface area (Å²) in [5.74, 6) is 4.97. The highest BCUT2D eigenvalue weighted by Crippen LogP contribution is 2.20. The molecule has 110 valence electrons. The minimum atomic E-state index is -0.278. The Morgan fingerprint density at radius 3 is 2.95 bits per heavy atom. The van der Waals surface area contributed by atoms with E-state index < -0.39 is 0 Å². The molecular weight excluding hydrogens is 292 g/mol. The van der Waals surface area contributed by atoms with E-state index in [1.807, 2.05) is 0 Å². The van der Waals surface area contributed by atoms with Crippen LogP contribution < -0.4 is 5.32 Å². The summed E-state index contributed by atoms with van der Waals surface area (Å²) < 4.78 is 0. The van der Waals surface area contributed by atoms with Crippen molar-refractivity contribution in [3.8, 4) is 11.8 Å². The molecule has 1 fully saturated rings. The molecule has 1 aromatic carbocycles. The topological polar surface area (TPSA) is 69.6 Å². The quantitative estimate of drug-likeness (QED) is 0.826. The van der Waals surface area contributed by atoms with Crippen molar-refractivity contribution < 1.29 is 14.7 Å². The van der Waals surface area contributed by atoms with Crippen molar-refractivity contribution in [3.63, 3.8) is 0 Å². The molecule has 1 aromatic rings. The van der Waals surface area contributed by atoms with Gasteiger partial charge in [0, 0.05) is 23.6 Å². The van der Waals surface area contributed by atoms with Gasteiger partial charge in [0.15, 0.2) is 0 Å². The number of aliphatic hydroxyl groups is 1. The van der Waals surface area contributed by atoms with Crippen molar-refractivity contribution in [2.24, 2.45) is 0 Å². The van der Waals surface area contributed by atoms with Gasteiger partial charge in [-0.25, -0.2) is 0 Å². The third-order valence-electron chi connectivity index (χ3n) is 3.06. The number of aliphatic hydroxyl groups excluding tert-OH is 1. The Morgan fingerprint density at radius 1 is 1.48 bits per heavy atom. The molecule has 0 radical (unpaired) electrons. The Balaban J connectivity index is 2.07. The summed E-state index contributed by atoms with van der Waals surface area (Å²) in [5.41, 5.74) is 1.04. The summed E-state index contributed by atoms with van der Waals surface area (Å²) in [4.78, 5) is 25.0. The summed E-state index contributed by atoms with van der Waals surface area (Å²) in [5, 5.41) is 12.0. The molecule has 5 nitrogen and oxygen atoms in total. The molecule has 0 saturated carbocycles. The van der Waals surface area contributed by atoms with Crippen LogP contribution >= 0.6 is 11.6 Å². The van der Waals surface area contributed by atoms with Crippen LogP contribution in [-0.4, -0.2) is 41.5 Å². The van der Waals surface area contributed by atoms with Crippen LogP contribution in [0.1, 0.15) is 18.4 Å². The standard InChI is InChI=1S/C15H15ClN2O3/c16-12-5-6-13(11(9-12)3-2-8-19)17-14(20)10-18-7-1-4-15(18)21/h5-6,9,19H,1,4,7-8,10H2,(H,17,20). The van der Waals surface area contributed by atoms with Gasteiger partial charge in [0.25, 0.3) is 0 Å². The Kier molecular flexibility index (Phi) is 5.20. The molecule has 1 heterocycles. The van der Waals surface area contributed by atoms with Gasteiger partial charge in [0.1, 0.15) is 6.61 Å². The van der Waals surface area contributed by atoms with Crippen molar-refractivity contribution in [2.75, 3.05) is 25.0 Å². The minimum Gasteiger partial charge on any atom is -0.384 e. The van der Waals surface area contributed by atoms with E-state index in [-0.39, 0.29) is 25.0 Å². The Bertz CT molecular complexity index is 619. The number of benzene rings is 1. The molecule has 0 aliphatic carbocycles. The Labute approximate surface area is 127 Å². The fraction of sp³-hybridized carbons (Fsp3) is 0.333. The number of rotatable bonds is 3. The third kappa shape index (κ3) is 4.22. The molecule has 0 atom stereocenters. The average molecular weight is 307 g/mol.